The Morgan fingerprint density at radius 3 is 2.55 bits per heavy atom. The predicted molar refractivity (Wildman–Crippen MR) is 83.7 cm³/mol. The van der Waals surface area contributed by atoms with Crippen molar-refractivity contribution in [3.8, 4) is 0 Å². The summed E-state index contributed by atoms with van der Waals surface area (Å²) in [6.45, 7) is 0. The second-order valence-corrected chi connectivity index (χ2v) is 8.63. The molecule has 0 radical (unpaired) electrons. The van der Waals surface area contributed by atoms with E-state index in [1.54, 1.807) is 0 Å². The fourth-order valence-electron chi connectivity index (χ4n) is 3.02. The summed E-state index contributed by atoms with van der Waals surface area (Å²) in [6, 6.07) is 7.71. The Labute approximate surface area is 126 Å². The number of nitrogens with two attached hydrogens (primary N) is 1. The standard InChI is InChI=1S/C15H22ClNO2S/c1-20(18,19)14-4-2-3-12(10-14)15(17)9-11-5-7-13(16)8-6-11/h5-8,12,14-15H,2-4,9-10,17H2,1H3. The van der Waals surface area contributed by atoms with Gasteiger partial charge >= 0.3 is 0 Å². The van der Waals surface area contributed by atoms with Crippen molar-refractivity contribution in [2.75, 3.05) is 6.26 Å². The van der Waals surface area contributed by atoms with Crippen LogP contribution in [0.2, 0.25) is 5.02 Å². The van der Waals surface area contributed by atoms with Crippen LogP contribution in [0, 0.1) is 5.92 Å². The van der Waals surface area contributed by atoms with E-state index in [0.29, 0.717) is 12.3 Å². The zero-order valence-corrected chi connectivity index (χ0v) is 13.3. The molecule has 1 aromatic rings. The summed E-state index contributed by atoms with van der Waals surface area (Å²) in [7, 11) is -2.94. The molecule has 2 rings (SSSR count). The minimum absolute atomic E-state index is 0.0146. The maximum absolute atomic E-state index is 11.7. The van der Waals surface area contributed by atoms with Gasteiger partial charge in [-0.2, -0.15) is 0 Å². The fraction of sp³-hybridized carbons (Fsp3) is 0.600. The molecule has 0 spiro atoms. The molecule has 1 saturated carbocycles. The van der Waals surface area contributed by atoms with Crippen LogP contribution in [0.15, 0.2) is 24.3 Å². The molecule has 0 aliphatic heterocycles. The third kappa shape index (κ3) is 4.21. The molecule has 112 valence electrons. The molecule has 1 aliphatic carbocycles. The highest BCUT2D eigenvalue weighted by Gasteiger charge is 2.31. The molecule has 0 bridgehead atoms. The molecule has 0 amide bonds. The van der Waals surface area contributed by atoms with Crippen molar-refractivity contribution in [2.24, 2.45) is 11.7 Å². The van der Waals surface area contributed by atoms with Gasteiger partial charge in [-0.05, 0) is 49.3 Å². The van der Waals surface area contributed by atoms with Crippen molar-refractivity contribution >= 4 is 21.4 Å². The van der Waals surface area contributed by atoms with Gasteiger partial charge < -0.3 is 5.73 Å². The van der Waals surface area contributed by atoms with Gasteiger partial charge in [0, 0.05) is 17.3 Å². The lowest BCUT2D eigenvalue weighted by Gasteiger charge is -2.32. The topological polar surface area (TPSA) is 60.2 Å². The first-order valence-electron chi connectivity index (χ1n) is 7.05. The van der Waals surface area contributed by atoms with Crippen molar-refractivity contribution in [3.63, 3.8) is 0 Å². The van der Waals surface area contributed by atoms with E-state index in [4.69, 9.17) is 17.3 Å². The summed E-state index contributed by atoms with van der Waals surface area (Å²) < 4.78 is 23.4. The number of rotatable bonds is 4. The molecular weight excluding hydrogens is 294 g/mol. The van der Waals surface area contributed by atoms with Crippen molar-refractivity contribution in [1.82, 2.24) is 0 Å². The summed E-state index contributed by atoms with van der Waals surface area (Å²) in [5.41, 5.74) is 7.45. The lowest BCUT2D eigenvalue weighted by atomic mass is 9.82. The first kappa shape index (κ1) is 15.8. The molecule has 5 heteroatoms. The summed E-state index contributed by atoms with van der Waals surface area (Å²) in [4.78, 5) is 0. The van der Waals surface area contributed by atoms with E-state index in [1.807, 2.05) is 24.3 Å². The Morgan fingerprint density at radius 1 is 1.30 bits per heavy atom. The zero-order chi connectivity index (χ0) is 14.8. The Kier molecular flexibility index (Phi) is 5.10. The van der Waals surface area contributed by atoms with E-state index in [0.717, 1.165) is 36.3 Å². The van der Waals surface area contributed by atoms with Crippen LogP contribution in [0.1, 0.15) is 31.2 Å². The minimum Gasteiger partial charge on any atom is -0.327 e. The second-order valence-electron chi connectivity index (χ2n) is 5.87. The van der Waals surface area contributed by atoms with Crippen LogP contribution in [-0.4, -0.2) is 26.0 Å². The van der Waals surface area contributed by atoms with Gasteiger partial charge in [0.15, 0.2) is 0 Å². The maximum atomic E-state index is 11.7. The van der Waals surface area contributed by atoms with Gasteiger partial charge in [-0.1, -0.05) is 30.2 Å². The van der Waals surface area contributed by atoms with Crippen molar-refractivity contribution in [3.05, 3.63) is 34.9 Å². The van der Waals surface area contributed by atoms with Crippen molar-refractivity contribution in [2.45, 2.75) is 43.4 Å². The van der Waals surface area contributed by atoms with Crippen LogP contribution in [0.5, 0.6) is 0 Å². The molecule has 1 aliphatic rings. The minimum atomic E-state index is -2.94. The smallest absolute Gasteiger partial charge is 0.150 e. The lowest BCUT2D eigenvalue weighted by Crippen LogP contribution is -2.38. The average Bonchev–Trinajstić information content (AvgIpc) is 2.40. The van der Waals surface area contributed by atoms with E-state index < -0.39 is 9.84 Å². The van der Waals surface area contributed by atoms with E-state index >= 15 is 0 Å². The monoisotopic (exact) mass is 315 g/mol. The second kappa shape index (κ2) is 6.46. The molecule has 0 saturated heterocycles. The fourth-order valence-corrected chi connectivity index (χ4v) is 4.34. The molecule has 20 heavy (non-hydrogen) atoms. The van der Waals surface area contributed by atoms with E-state index in [-0.39, 0.29) is 11.3 Å². The third-order valence-corrected chi connectivity index (χ3v) is 6.15. The first-order chi connectivity index (χ1) is 9.36. The molecule has 3 atom stereocenters. The van der Waals surface area contributed by atoms with Crippen LogP contribution in [0.25, 0.3) is 0 Å². The highest BCUT2D eigenvalue weighted by molar-refractivity contribution is 7.91. The summed E-state index contributed by atoms with van der Waals surface area (Å²) in [5, 5.41) is 0.509. The number of sulfone groups is 1. The van der Waals surface area contributed by atoms with Gasteiger partial charge in [0.2, 0.25) is 0 Å². The Balaban J connectivity index is 1.98. The number of hydrogen-bond acceptors (Lipinski definition) is 3. The molecular formula is C15H22ClNO2S. The lowest BCUT2D eigenvalue weighted by molar-refractivity contribution is 0.304. The molecule has 1 fully saturated rings. The van der Waals surface area contributed by atoms with Gasteiger partial charge in [-0.25, -0.2) is 8.42 Å². The number of halogens is 1. The average molecular weight is 316 g/mol. The summed E-state index contributed by atoms with van der Waals surface area (Å²) in [5.74, 6) is 0.291. The molecule has 2 N–H and O–H groups in total. The van der Waals surface area contributed by atoms with Crippen LogP contribution in [0.3, 0.4) is 0 Å². The van der Waals surface area contributed by atoms with Gasteiger partial charge in [-0.3, -0.25) is 0 Å². The summed E-state index contributed by atoms with van der Waals surface area (Å²) in [6.07, 6.45) is 5.58. The number of hydrogen-bond donors (Lipinski definition) is 1. The molecule has 1 aromatic carbocycles. The van der Waals surface area contributed by atoms with Crippen molar-refractivity contribution in [1.29, 1.82) is 0 Å². The van der Waals surface area contributed by atoms with Crippen LogP contribution < -0.4 is 5.73 Å². The van der Waals surface area contributed by atoms with Crippen LogP contribution in [0.4, 0.5) is 0 Å². The normalized spacial score (nSPS) is 25.4. The maximum Gasteiger partial charge on any atom is 0.150 e. The zero-order valence-electron chi connectivity index (χ0n) is 11.8. The SMILES string of the molecule is CS(=O)(=O)C1CCCC(C(N)Cc2ccc(Cl)cc2)C1. The Bertz CT molecular complexity index is 541. The van der Waals surface area contributed by atoms with Gasteiger partial charge in [0.1, 0.15) is 9.84 Å². The molecule has 3 nitrogen and oxygen atoms in total. The Hall–Kier alpha value is -0.580. The van der Waals surface area contributed by atoms with Gasteiger partial charge in [-0.15, -0.1) is 0 Å². The van der Waals surface area contributed by atoms with Gasteiger partial charge in [0.05, 0.1) is 5.25 Å². The molecule has 3 unspecified atom stereocenters. The highest BCUT2D eigenvalue weighted by Crippen LogP contribution is 2.31. The molecule has 0 aromatic heterocycles. The molecule has 0 heterocycles. The van der Waals surface area contributed by atoms with Crippen LogP contribution in [-0.2, 0) is 16.3 Å². The highest BCUT2D eigenvalue weighted by atomic mass is 35.5. The van der Waals surface area contributed by atoms with Gasteiger partial charge in [0.25, 0.3) is 0 Å². The number of benzene rings is 1. The predicted octanol–water partition coefficient (Wildman–Crippen LogP) is 2.81. The quantitative estimate of drug-likeness (QED) is 0.929. The van der Waals surface area contributed by atoms with Crippen molar-refractivity contribution < 1.29 is 8.42 Å². The van der Waals surface area contributed by atoms with Crippen LogP contribution >= 0.6 is 11.6 Å². The summed E-state index contributed by atoms with van der Waals surface area (Å²) >= 11 is 5.87. The van der Waals surface area contributed by atoms with E-state index in [1.165, 1.54) is 6.26 Å². The largest absolute Gasteiger partial charge is 0.327 e. The first-order valence-corrected chi connectivity index (χ1v) is 9.38. The Morgan fingerprint density at radius 2 is 1.95 bits per heavy atom. The van der Waals surface area contributed by atoms with E-state index in [9.17, 15) is 8.42 Å². The third-order valence-electron chi connectivity index (χ3n) is 4.26. The van der Waals surface area contributed by atoms with E-state index in [2.05, 4.69) is 0 Å².